The number of aromatic nitrogens is 2. The van der Waals surface area contributed by atoms with E-state index >= 15 is 0 Å². The molecule has 19 heavy (non-hydrogen) atoms. The molecule has 102 valence electrons. The fraction of sp³-hybridized carbons (Fsp3) is 0.538. The number of fused-ring (bicyclic) bond motifs is 1. The predicted molar refractivity (Wildman–Crippen MR) is 75.5 cm³/mol. The predicted octanol–water partition coefficient (Wildman–Crippen LogP) is 1.55. The molecule has 2 heterocycles. The van der Waals surface area contributed by atoms with Crippen LogP contribution < -0.4 is 5.32 Å². The molecular formula is C13H17N3O2S. The molecule has 0 amide bonds. The molecule has 0 radical (unpaired) electrons. The molecule has 1 fully saturated rings. The van der Waals surface area contributed by atoms with Crippen LogP contribution in [0.4, 0.5) is 5.82 Å². The molecule has 2 aromatic heterocycles. The lowest BCUT2D eigenvalue weighted by molar-refractivity contribution is 0.0438. The molecule has 3 atom stereocenters. The first-order valence-electron chi connectivity index (χ1n) is 6.54. The van der Waals surface area contributed by atoms with E-state index in [0.29, 0.717) is 12.8 Å². The van der Waals surface area contributed by atoms with Crippen LogP contribution in [-0.4, -0.2) is 38.4 Å². The van der Waals surface area contributed by atoms with Crippen LogP contribution in [0.3, 0.4) is 0 Å². The van der Waals surface area contributed by atoms with Crippen molar-refractivity contribution >= 4 is 27.4 Å². The van der Waals surface area contributed by atoms with Crippen LogP contribution in [0.15, 0.2) is 11.4 Å². The molecule has 1 aliphatic carbocycles. The summed E-state index contributed by atoms with van der Waals surface area (Å²) < 4.78 is 0. The summed E-state index contributed by atoms with van der Waals surface area (Å²) in [7, 11) is 0. The quantitative estimate of drug-likeness (QED) is 0.794. The van der Waals surface area contributed by atoms with Gasteiger partial charge in [0, 0.05) is 12.5 Å². The Bertz CT molecular complexity index is 576. The van der Waals surface area contributed by atoms with Crippen LogP contribution in [0.2, 0.25) is 0 Å². The minimum absolute atomic E-state index is 0.0627. The van der Waals surface area contributed by atoms with Crippen LogP contribution in [0, 0.1) is 0 Å². The summed E-state index contributed by atoms with van der Waals surface area (Å²) in [5, 5.41) is 25.6. The third kappa shape index (κ3) is 2.43. The summed E-state index contributed by atoms with van der Waals surface area (Å²) in [5.41, 5.74) is 0. The lowest BCUT2D eigenvalue weighted by Gasteiger charge is -2.14. The van der Waals surface area contributed by atoms with Gasteiger partial charge in [-0.2, -0.15) is 0 Å². The first-order chi connectivity index (χ1) is 9.17. The van der Waals surface area contributed by atoms with E-state index in [9.17, 15) is 10.2 Å². The molecule has 0 saturated heterocycles. The highest BCUT2D eigenvalue weighted by atomic mass is 32.1. The van der Waals surface area contributed by atoms with Gasteiger partial charge in [0.1, 0.15) is 16.5 Å². The van der Waals surface area contributed by atoms with E-state index in [4.69, 9.17) is 0 Å². The van der Waals surface area contributed by atoms with Gasteiger partial charge in [0.15, 0.2) is 0 Å². The van der Waals surface area contributed by atoms with Crippen molar-refractivity contribution < 1.29 is 10.2 Å². The number of aliphatic hydroxyl groups is 2. The summed E-state index contributed by atoms with van der Waals surface area (Å²) in [5.74, 6) is 1.63. The topological polar surface area (TPSA) is 78.3 Å². The second-order valence-corrected chi connectivity index (χ2v) is 5.82. The number of nitrogens with zero attached hydrogens (tertiary/aromatic N) is 2. The number of rotatable bonds is 3. The van der Waals surface area contributed by atoms with Crippen molar-refractivity contribution in [1.29, 1.82) is 0 Å². The largest absolute Gasteiger partial charge is 0.390 e. The monoisotopic (exact) mass is 279 g/mol. The Kier molecular flexibility index (Phi) is 3.38. The molecule has 6 heteroatoms. The van der Waals surface area contributed by atoms with Crippen molar-refractivity contribution in [3.63, 3.8) is 0 Å². The third-order valence-corrected chi connectivity index (χ3v) is 4.33. The molecule has 1 saturated carbocycles. The summed E-state index contributed by atoms with van der Waals surface area (Å²) in [6.45, 7) is 2.03. The lowest BCUT2D eigenvalue weighted by atomic mass is 10.2. The Labute approximate surface area is 115 Å². The van der Waals surface area contributed by atoms with E-state index in [2.05, 4.69) is 15.3 Å². The van der Waals surface area contributed by atoms with Gasteiger partial charge in [0.05, 0.1) is 17.6 Å². The minimum Gasteiger partial charge on any atom is -0.390 e. The second-order valence-electron chi connectivity index (χ2n) is 4.93. The van der Waals surface area contributed by atoms with Crippen molar-refractivity contribution in [1.82, 2.24) is 9.97 Å². The maximum Gasteiger partial charge on any atom is 0.138 e. The molecule has 0 spiro atoms. The van der Waals surface area contributed by atoms with Crippen molar-refractivity contribution in [2.45, 2.75) is 44.4 Å². The van der Waals surface area contributed by atoms with Gasteiger partial charge in [-0.25, -0.2) is 9.97 Å². The van der Waals surface area contributed by atoms with Crippen molar-refractivity contribution in [3.05, 3.63) is 17.3 Å². The number of hydrogen-bond acceptors (Lipinski definition) is 6. The SMILES string of the molecule is CCc1nc(NC2C[C@@H](O)[C@@H](O)C2)c2ccsc2n1. The lowest BCUT2D eigenvalue weighted by Crippen LogP contribution is -2.18. The van der Waals surface area contributed by atoms with Gasteiger partial charge in [-0.1, -0.05) is 6.92 Å². The van der Waals surface area contributed by atoms with Gasteiger partial charge < -0.3 is 15.5 Å². The van der Waals surface area contributed by atoms with E-state index in [0.717, 1.165) is 28.3 Å². The fourth-order valence-electron chi connectivity index (χ4n) is 2.47. The Balaban J connectivity index is 1.89. The molecule has 2 aromatic rings. The molecule has 0 aromatic carbocycles. The highest BCUT2D eigenvalue weighted by Gasteiger charge is 2.31. The maximum atomic E-state index is 9.60. The number of hydrogen-bond donors (Lipinski definition) is 3. The van der Waals surface area contributed by atoms with Crippen LogP contribution in [-0.2, 0) is 6.42 Å². The number of thiophene rings is 1. The minimum atomic E-state index is -0.636. The molecule has 0 aliphatic heterocycles. The molecule has 3 N–H and O–H groups in total. The van der Waals surface area contributed by atoms with Crippen LogP contribution in [0.25, 0.3) is 10.2 Å². The van der Waals surface area contributed by atoms with Gasteiger partial charge in [-0.15, -0.1) is 11.3 Å². The highest BCUT2D eigenvalue weighted by molar-refractivity contribution is 7.16. The molecular weight excluding hydrogens is 262 g/mol. The second kappa shape index (κ2) is 5.03. The van der Waals surface area contributed by atoms with Gasteiger partial charge in [-0.05, 0) is 24.3 Å². The zero-order valence-corrected chi connectivity index (χ0v) is 11.5. The first-order valence-corrected chi connectivity index (χ1v) is 7.42. The zero-order valence-electron chi connectivity index (χ0n) is 10.7. The summed E-state index contributed by atoms with van der Waals surface area (Å²) in [6, 6.07) is 2.07. The van der Waals surface area contributed by atoms with E-state index < -0.39 is 12.2 Å². The molecule has 1 aliphatic rings. The average molecular weight is 279 g/mol. The summed E-state index contributed by atoms with van der Waals surface area (Å²) in [6.07, 6.45) is 0.625. The smallest absolute Gasteiger partial charge is 0.138 e. The average Bonchev–Trinajstić information content (AvgIpc) is 2.97. The normalized spacial score (nSPS) is 27.0. The molecule has 1 unspecified atom stereocenters. The Morgan fingerprint density at radius 2 is 2.05 bits per heavy atom. The van der Waals surface area contributed by atoms with Crippen LogP contribution >= 0.6 is 11.3 Å². The zero-order chi connectivity index (χ0) is 13.4. The van der Waals surface area contributed by atoms with Crippen LogP contribution in [0.1, 0.15) is 25.6 Å². The van der Waals surface area contributed by atoms with Gasteiger partial charge in [0.2, 0.25) is 0 Å². The van der Waals surface area contributed by atoms with E-state index in [-0.39, 0.29) is 6.04 Å². The molecule has 0 bridgehead atoms. The highest BCUT2D eigenvalue weighted by Crippen LogP contribution is 2.29. The third-order valence-electron chi connectivity index (χ3n) is 3.52. The first kappa shape index (κ1) is 12.8. The van der Waals surface area contributed by atoms with E-state index in [1.54, 1.807) is 11.3 Å². The van der Waals surface area contributed by atoms with Gasteiger partial charge in [0.25, 0.3) is 0 Å². The Morgan fingerprint density at radius 3 is 2.74 bits per heavy atom. The summed E-state index contributed by atoms with van der Waals surface area (Å²) in [4.78, 5) is 9.99. The van der Waals surface area contributed by atoms with E-state index in [1.165, 1.54) is 0 Å². The number of nitrogens with one attached hydrogen (secondary N) is 1. The fourth-order valence-corrected chi connectivity index (χ4v) is 3.26. The van der Waals surface area contributed by atoms with Crippen molar-refractivity contribution in [2.24, 2.45) is 0 Å². The molecule has 5 nitrogen and oxygen atoms in total. The molecule has 3 rings (SSSR count). The van der Waals surface area contributed by atoms with Crippen molar-refractivity contribution in [3.8, 4) is 0 Å². The Morgan fingerprint density at radius 1 is 1.32 bits per heavy atom. The number of aryl methyl sites for hydroxylation is 1. The van der Waals surface area contributed by atoms with Crippen molar-refractivity contribution in [2.75, 3.05) is 5.32 Å². The van der Waals surface area contributed by atoms with E-state index in [1.807, 2.05) is 18.4 Å². The Hall–Kier alpha value is -1.24. The maximum absolute atomic E-state index is 9.60. The standard InChI is InChI=1S/C13H17N3O2S/c1-2-11-15-12(8-3-4-19-13(8)16-11)14-7-5-9(17)10(18)6-7/h3-4,7,9-10,17-18H,2,5-6H2,1H3,(H,14,15,16)/t7?,9-,10+. The number of anilines is 1. The van der Waals surface area contributed by atoms with Gasteiger partial charge >= 0.3 is 0 Å². The summed E-state index contributed by atoms with van der Waals surface area (Å²) >= 11 is 1.60. The van der Waals surface area contributed by atoms with Crippen LogP contribution in [0.5, 0.6) is 0 Å². The van der Waals surface area contributed by atoms with Gasteiger partial charge in [-0.3, -0.25) is 0 Å². The number of aliphatic hydroxyl groups excluding tert-OH is 2.